The van der Waals surface area contributed by atoms with E-state index < -0.39 is 16.1 Å². The van der Waals surface area contributed by atoms with Gasteiger partial charge in [-0.1, -0.05) is 6.92 Å². The van der Waals surface area contributed by atoms with Crippen LogP contribution in [0.5, 0.6) is 0 Å². The Balaban J connectivity index is 1.59. The number of hydrogen-bond donors (Lipinski definition) is 2. The van der Waals surface area contributed by atoms with Gasteiger partial charge in [0, 0.05) is 44.1 Å². The van der Waals surface area contributed by atoms with Crippen molar-refractivity contribution in [3.05, 3.63) is 37.2 Å². The maximum atomic E-state index is 12.3. The Kier molecular flexibility index (Phi) is 4.89. The van der Waals surface area contributed by atoms with Crippen LogP contribution in [0.15, 0.2) is 42.1 Å². The number of rotatable bonds is 6. The molecule has 0 saturated carbocycles. The van der Waals surface area contributed by atoms with Crippen molar-refractivity contribution < 1.29 is 13.2 Å². The van der Waals surface area contributed by atoms with E-state index in [-0.39, 0.29) is 10.8 Å². The van der Waals surface area contributed by atoms with Crippen molar-refractivity contribution in [2.45, 2.75) is 18.4 Å². The number of carbonyl (C=O) groups excluding carboxylic acids is 1. The van der Waals surface area contributed by atoms with E-state index in [9.17, 15) is 13.2 Å². The zero-order valence-corrected chi connectivity index (χ0v) is 15.1. The number of aryl methyl sites for hydroxylation is 1. The summed E-state index contributed by atoms with van der Waals surface area (Å²) in [5, 5.41) is 7.15. The molecule has 138 valence electrons. The summed E-state index contributed by atoms with van der Waals surface area (Å²) in [7, 11) is -2.31. The fraction of sp³-hybridized carbons (Fsp3) is 0.333. The Hall–Kier alpha value is -2.95. The highest BCUT2D eigenvalue weighted by molar-refractivity contribution is 7.90. The largest absolute Gasteiger partial charge is 0.337 e. The highest BCUT2D eigenvalue weighted by Crippen LogP contribution is 2.15. The molecule has 0 spiro atoms. The molecule has 1 atom stereocenters. The molecule has 2 N–H and O–H groups in total. The minimum absolute atomic E-state index is 0.0976. The Morgan fingerprint density at radius 2 is 2.15 bits per heavy atom. The smallest absolute Gasteiger partial charge is 0.328 e. The third kappa shape index (κ3) is 3.99. The Morgan fingerprint density at radius 3 is 2.88 bits per heavy atom. The molecule has 10 nitrogen and oxygen atoms in total. The summed E-state index contributed by atoms with van der Waals surface area (Å²) in [6.45, 7) is 2.92. The van der Waals surface area contributed by atoms with Crippen LogP contribution in [0, 0.1) is 5.92 Å². The third-order valence-corrected chi connectivity index (χ3v) is 5.07. The molecule has 3 aromatic rings. The molecule has 0 radical (unpaired) electrons. The minimum Gasteiger partial charge on any atom is -0.337 e. The van der Waals surface area contributed by atoms with Crippen molar-refractivity contribution in [1.82, 2.24) is 34.4 Å². The molecule has 0 saturated heterocycles. The summed E-state index contributed by atoms with van der Waals surface area (Å²) >= 11 is 0. The summed E-state index contributed by atoms with van der Waals surface area (Å²) in [6.07, 6.45) is 7.89. The predicted molar refractivity (Wildman–Crippen MR) is 93.6 cm³/mol. The molecule has 0 aliphatic carbocycles. The van der Waals surface area contributed by atoms with Crippen molar-refractivity contribution in [2.75, 3.05) is 6.54 Å². The molecule has 0 aromatic carbocycles. The lowest BCUT2D eigenvalue weighted by Crippen LogP contribution is -2.41. The van der Waals surface area contributed by atoms with Crippen LogP contribution in [-0.2, 0) is 23.6 Å². The number of imidazole rings is 1. The monoisotopic (exact) mass is 377 g/mol. The van der Waals surface area contributed by atoms with Crippen molar-refractivity contribution in [3.63, 3.8) is 0 Å². The van der Waals surface area contributed by atoms with Gasteiger partial charge in [-0.3, -0.25) is 4.68 Å². The van der Waals surface area contributed by atoms with E-state index in [0.29, 0.717) is 24.1 Å². The van der Waals surface area contributed by atoms with Gasteiger partial charge in [-0.2, -0.15) is 5.10 Å². The molecule has 26 heavy (non-hydrogen) atoms. The highest BCUT2D eigenvalue weighted by Gasteiger charge is 2.19. The number of fused-ring (bicyclic) bond motifs is 1. The first-order chi connectivity index (χ1) is 12.3. The molecule has 3 rings (SSSR count). The predicted octanol–water partition coefficient (Wildman–Crippen LogP) is 0.489. The van der Waals surface area contributed by atoms with Gasteiger partial charge in [-0.25, -0.2) is 27.9 Å². The van der Waals surface area contributed by atoms with Gasteiger partial charge in [0.25, 0.3) is 10.0 Å². The van der Waals surface area contributed by atoms with Gasteiger partial charge in [0.2, 0.25) is 0 Å². The normalized spacial score (nSPS) is 12.8. The number of aromatic nitrogens is 5. The molecule has 3 aromatic heterocycles. The number of nitrogens with zero attached hydrogens (tertiary/aromatic N) is 5. The molecular weight excluding hydrogens is 358 g/mol. The second-order valence-corrected chi connectivity index (χ2v) is 7.71. The van der Waals surface area contributed by atoms with E-state index in [0.717, 1.165) is 0 Å². The first-order valence-corrected chi connectivity index (χ1v) is 9.37. The van der Waals surface area contributed by atoms with E-state index in [1.54, 1.807) is 19.6 Å². The molecule has 0 aliphatic rings. The van der Waals surface area contributed by atoms with Crippen molar-refractivity contribution in [1.29, 1.82) is 0 Å². The zero-order chi connectivity index (χ0) is 18.7. The molecular formula is C15H19N7O3S. The standard InChI is InChI=1S/C15H19N7O3S/c1-11(9-22-4-3-16-10-22)6-18-15(23)20-26(24,25)13-5-12-7-19-21(2)14(12)17-8-13/h3-5,7-8,10-11H,6,9H2,1-2H3,(H2,18,20,23). The zero-order valence-electron chi connectivity index (χ0n) is 14.3. The second-order valence-electron chi connectivity index (χ2n) is 6.03. The quantitative estimate of drug-likeness (QED) is 0.644. The number of nitrogens with one attached hydrogen (secondary N) is 2. The number of pyridine rings is 1. The summed E-state index contributed by atoms with van der Waals surface area (Å²) in [5.41, 5.74) is 0.557. The van der Waals surface area contributed by atoms with Gasteiger partial charge in [-0.15, -0.1) is 0 Å². The van der Waals surface area contributed by atoms with Crippen molar-refractivity contribution in [3.8, 4) is 0 Å². The maximum absolute atomic E-state index is 12.3. The summed E-state index contributed by atoms with van der Waals surface area (Å²) in [4.78, 5) is 19.9. The van der Waals surface area contributed by atoms with Gasteiger partial charge in [-0.05, 0) is 12.0 Å². The van der Waals surface area contributed by atoms with Crippen LogP contribution in [0.4, 0.5) is 4.79 Å². The molecule has 3 heterocycles. The highest BCUT2D eigenvalue weighted by atomic mass is 32.2. The first-order valence-electron chi connectivity index (χ1n) is 7.89. The minimum atomic E-state index is -4.02. The Morgan fingerprint density at radius 1 is 1.35 bits per heavy atom. The summed E-state index contributed by atoms with van der Waals surface area (Å²) < 4.78 is 30.1. The van der Waals surface area contributed by atoms with Gasteiger partial charge >= 0.3 is 6.03 Å². The number of carbonyl (C=O) groups is 1. The van der Waals surface area contributed by atoms with Gasteiger partial charge < -0.3 is 9.88 Å². The average Bonchev–Trinajstić information content (AvgIpc) is 3.22. The molecule has 0 aliphatic heterocycles. The van der Waals surface area contributed by atoms with Gasteiger partial charge in [0.15, 0.2) is 5.65 Å². The molecule has 11 heteroatoms. The Bertz CT molecular complexity index is 1010. The van der Waals surface area contributed by atoms with Crippen LogP contribution >= 0.6 is 0 Å². The van der Waals surface area contributed by atoms with Crippen LogP contribution < -0.4 is 10.0 Å². The summed E-state index contributed by atoms with van der Waals surface area (Å²) in [6, 6.07) is 0.640. The maximum Gasteiger partial charge on any atom is 0.328 e. The van der Waals surface area contributed by atoms with Crippen LogP contribution in [0.25, 0.3) is 11.0 Å². The van der Waals surface area contributed by atoms with E-state index >= 15 is 0 Å². The molecule has 1 unspecified atom stereocenters. The van der Waals surface area contributed by atoms with Crippen molar-refractivity contribution in [2.24, 2.45) is 13.0 Å². The third-order valence-electron chi connectivity index (χ3n) is 3.78. The lowest BCUT2D eigenvalue weighted by Gasteiger charge is -2.14. The number of amides is 2. The van der Waals surface area contributed by atoms with Crippen LogP contribution in [0.2, 0.25) is 0 Å². The lowest BCUT2D eigenvalue weighted by atomic mass is 10.2. The Labute approximate surface area is 150 Å². The second kappa shape index (κ2) is 7.12. The fourth-order valence-corrected chi connectivity index (χ4v) is 3.38. The van der Waals surface area contributed by atoms with Gasteiger partial charge in [0.1, 0.15) is 4.90 Å². The van der Waals surface area contributed by atoms with Crippen LogP contribution in [-0.4, -0.2) is 45.3 Å². The van der Waals surface area contributed by atoms with E-state index in [2.05, 4.69) is 20.4 Å². The average molecular weight is 377 g/mol. The van der Waals surface area contributed by atoms with Crippen LogP contribution in [0.3, 0.4) is 0 Å². The fourth-order valence-electron chi connectivity index (χ4n) is 2.47. The lowest BCUT2D eigenvalue weighted by molar-refractivity contribution is 0.243. The van der Waals surface area contributed by atoms with E-state index in [1.807, 2.05) is 22.4 Å². The van der Waals surface area contributed by atoms with Gasteiger partial charge in [0.05, 0.1) is 12.5 Å². The SMILES string of the molecule is CC(CNC(=O)NS(=O)(=O)c1cnc2c(cnn2C)c1)Cn1ccnc1. The first kappa shape index (κ1) is 17.9. The molecule has 2 amide bonds. The number of sulfonamides is 1. The van der Waals surface area contributed by atoms with Crippen LogP contribution in [0.1, 0.15) is 6.92 Å². The molecule has 0 fully saturated rings. The van der Waals surface area contributed by atoms with E-state index in [1.165, 1.54) is 23.1 Å². The number of hydrogen-bond acceptors (Lipinski definition) is 6. The summed E-state index contributed by atoms with van der Waals surface area (Å²) in [5.74, 6) is 0.103. The van der Waals surface area contributed by atoms with E-state index in [4.69, 9.17) is 0 Å². The molecule has 0 bridgehead atoms. The topological polar surface area (TPSA) is 124 Å². The van der Waals surface area contributed by atoms with Crippen molar-refractivity contribution >= 4 is 27.1 Å². The number of urea groups is 1.